The Labute approximate surface area is 167 Å². The third-order valence-electron chi connectivity index (χ3n) is 4.97. The maximum atomic E-state index is 12.8. The Bertz CT molecular complexity index is 1190. The topological polar surface area (TPSA) is 90.5 Å². The van der Waals surface area contributed by atoms with Crippen LogP contribution < -0.4 is 5.32 Å². The Morgan fingerprint density at radius 2 is 2.03 bits per heavy atom. The molecular weight excluding hydrogens is 366 g/mol. The fourth-order valence-electron chi connectivity index (χ4n) is 3.34. The number of nitrogens with zero attached hydrogens (tertiary/aromatic N) is 6. The van der Waals surface area contributed by atoms with Gasteiger partial charge in [0, 0.05) is 35.9 Å². The number of benzene rings is 1. The number of imidazole rings is 1. The van der Waals surface area contributed by atoms with Crippen LogP contribution in [0.3, 0.4) is 0 Å². The molecule has 0 aliphatic heterocycles. The van der Waals surface area contributed by atoms with Gasteiger partial charge >= 0.3 is 0 Å². The number of anilines is 1. The Kier molecular flexibility index (Phi) is 4.16. The lowest BCUT2D eigenvalue weighted by Crippen LogP contribution is -2.14. The summed E-state index contributed by atoms with van der Waals surface area (Å²) in [4.78, 5) is 21.2. The minimum atomic E-state index is -0.273. The summed E-state index contributed by atoms with van der Waals surface area (Å²) in [6, 6.07) is 11.7. The highest BCUT2D eigenvalue weighted by molar-refractivity contribution is 6.03. The second kappa shape index (κ2) is 6.97. The van der Waals surface area contributed by atoms with Gasteiger partial charge in [-0.2, -0.15) is 0 Å². The number of amides is 1. The SMILES string of the molecule is Cc1nccn1-c1ccnc(C(=O)Nc2cccc(-c3nncn3C3CC3)c2)c1. The normalized spacial score (nSPS) is 13.4. The smallest absolute Gasteiger partial charge is 0.274 e. The second-order valence-corrected chi connectivity index (χ2v) is 7.07. The van der Waals surface area contributed by atoms with Crippen molar-refractivity contribution in [2.24, 2.45) is 0 Å². The first-order valence-corrected chi connectivity index (χ1v) is 9.47. The van der Waals surface area contributed by atoms with Gasteiger partial charge in [0.1, 0.15) is 17.8 Å². The van der Waals surface area contributed by atoms with Gasteiger partial charge in [0.05, 0.1) is 5.69 Å². The highest BCUT2D eigenvalue weighted by Crippen LogP contribution is 2.37. The predicted octanol–water partition coefficient (Wildman–Crippen LogP) is 3.42. The summed E-state index contributed by atoms with van der Waals surface area (Å²) in [6.07, 6.45) is 9.27. The summed E-state index contributed by atoms with van der Waals surface area (Å²) >= 11 is 0. The molecule has 3 heterocycles. The van der Waals surface area contributed by atoms with E-state index in [2.05, 4.69) is 30.0 Å². The first kappa shape index (κ1) is 17.3. The molecule has 5 rings (SSSR count). The maximum absolute atomic E-state index is 12.8. The van der Waals surface area contributed by atoms with Gasteiger partial charge in [-0.25, -0.2) is 4.98 Å². The zero-order chi connectivity index (χ0) is 19.8. The lowest BCUT2D eigenvalue weighted by molar-refractivity contribution is 0.102. The highest BCUT2D eigenvalue weighted by Gasteiger charge is 2.26. The van der Waals surface area contributed by atoms with Crippen molar-refractivity contribution in [3.63, 3.8) is 0 Å². The third-order valence-corrected chi connectivity index (χ3v) is 4.97. The van der Waals surface area contributed by atoms with Crippen molar-refractivity contribution in [2.75, 3.05) is 5.32 Å². The molecule has 1 aromatic carbocycles. The molecule has 1 aliphatic rings. The molecule has 0 radical (unpaired) electrons. The fraction of sp³-hybridized carbons (Fsp3) is 0.190. The van der Waals surface area contributed by atoms with Crippen molar-refractivity contribution in [3.05, 3.63) is 72.8 Å². The Hall–Kier alpha value is -3.81. The van der Waals surface area contributed by atoms with Gasteiger partial charge < -0.3 is 14.5 Å². The van der Waals surface area contributed by atoms with E-state index in [9.17, 15) is 4.79 Å². The van der Waals surface area contributed by atoms with Crippen LogP contribution in [0.1, 0.15) is 35.2 Å². The summed E-state index contributed by atoms with van der Waals surface area (Å²) < 4.78 is 4.00. The summed E-state index contributed by atoms with van der Waals surface area (Å²) in [6.45, 7) is 1.91. The van der Waals surface area contributed by atoms with Crippen LogP contribution in [0.2, 0.25) is 0 Å². The monoisotopic (exact) mass is 385 g/mol. The van der Waals surface area contributed by atoms with Gasteiger partial charge in [-0.05, 0) is 44.0 Å². The van der Waals surface area contributed by atoms with E-state index in [0.717, 1.165) is 35.7 Å². The quantitative estimate of drug-likeness (QED) is 0.568. The molecule has 8 heteroatoms. The van der Waals surface area contributed by atoms with E-state index in [-0.39, 0.29) is 5.91 Å². The van der Waals surface area contributed by atoms with Crippen molar-refractivity contribution in [3.8, 4) is 17.1 Å². The molecule has 8 nitrogen and oxygen atoms in total. The molecule has 1 amide bonds. The Balaban J connectivity index is 1.39. The van der Waals surface area contributed by atoms with Crippen LogP contribution in [0, 0.1) is 6.92 Å². The molecule has 0 atom stereocenters. The standard InChI is InChI=1S/C21H19N7O/c1-14-22-9-10-27(14)18-7-8-23-19(12-18)21(29)25-16-4-2-3-15(11-16)20-26-24-13-28(20)17-5-6-17/h2-4,7-13,17H,5-6H2,1H3,(H,25,29). The number of carbonyl (C=O) groups excluding carboxylic acids is 1. The molecule has 1 aliphatic carbocycles. The van der Waals surface area contributed by atoms with Gasteiger partial charge in [-0.3, -0.25) is 9.78 Å². The van der Waals surface area contributed by atoms with Crippen LogP contribution in [0.5, 0.6) is 0 Å². The van der Waals surface area contributed by atoms with Gasteiger partial charge in [-0.15, -0.1) is 10.2 Å². The van der Waals surface area contributed by atoms with Crippen LogP contribution in [0.25, 0.3) is 17.1 Å². The largest absolute Gasteiger partial charge is 0.321 e. The van der Waals surface area contributed by atoms with E-state index in [1.165, 1.54) is 0 Å². The summed E-state index contributed by atoms with van der Waals surface area (Å²) in [7, 11) is 0. The fourth-order valence-corrected chi connectivity index (χ4v) is 3.34. The molecule has 0 unspecified atom stereocenters. The molecule has 144 valence electrons. The number of aromatic nitrogens is 6. The molecule has 1 saturated carbocycles. The number of hydrogen-bond acceptors (Lipinski definition) is 5. The Morgan fingerprint density at radius 1 is 1.14 bits per heavy atom. The number of rotatable bonds is 5. The molecule has 1 fully saturated rings. The average Bonchev–Trinajstić information content (AvgIpc) is 3.30. The van der Waals surface area contributed by atoms with Crippen LogP contribution in [0.15, 0.2) is 61.3 Å². The number of hydrogen-bond donors (Lipinski definition) is 1. The first-order chi connectivity index (χ1) is 14.2. The van der Waals surface area contributed by atoms with E-state index < -0.39 is 0 Å². The van der Waals surface area contributed by atoms with E-state index in [4.69, 9.17) is 0 Å². The number of carbonyl (C=O) groups is 1. The minimum Gasteiger partial charge on any atom is -0.321 e. The lowest BCUT2D eigenvalue weighted by Gasteiger charge is -2.10. The van der Waals surface area contributed by atoms with Gasteiger partial charge in [0.2, 0.25) is 0 Å². The van der Waals surface area contributed by atoms with E-state index in [0.29, 0.717) is 17.4 Å². The third kappa shape index (κ3) is 3.40. The molecule has 0 spiro atoms. The average molecular weight is 385 g/mol. The van der Waals surface area contributed by atoms with Crippen LogP contribution in [-0.2, 0) is 0 Å². The van der Waals surface area contributed by atoms with Crippen molar-refractivity contribution < 1.29 is 4.79 Å². The van der Waals surface area contributed by atoms with Crippen LogP contribution >= 0.6 is 0 Å². The highest BCUT2D eigenvalue weighted by atomic mass is 16.1. The first-order valence-electron chi connectivity index (χ1n) is 9.47. The summed E-state index contributed by atoms with van der Waals surface area (Å²) in [5.41, 5.74) is 2.78. The molecule has 4 aromatic rings. The molecule has 1 N–H and O–H groups in total. The molecule has 0 bridgehead atoms. The predicted molar refractivity (Wildman–Crippen MR) is 108 cm³/mol. The van der Waals surface area contributed by atoms with E-state index in [1.54, 1.807) is 24.8 Å². The van der Waals surface area contributed by atoms with Crippen molar-refractivity contribution in [1.82, 2.24) is 29.3 Å². The number of pyridine rings is 1. The van der Waals surface area contributed by atoms with E-state index in [1.807, 2.05) is 48.0 Å². The van der Waals surface area contributed by atoms with E-state index >= 15 is 0 Å². The van der Waals surface area contributed by atoms with Crippen molar-refractivity contribution in [2.45, 2.75) is 25.8 Å². The second-order valence-electron chi connectivity index (χ2n) is 7.07. The molecular formula is C21H19N7O. The summed E-state index contributed by atoms with van der Waals surface area (Å²) in [5, 5.41) is 11.2. The molecule has 0 saturated heterocycles. The van der Waals surface area contributed by atoms with Crippen LogP contribution in [0.4, 0.5) is 5.69 Å². The number of nitrogens with one attached hydrogen (secondary N) is 1. The zero-order valence-corrected chi connectivity index (χ0v) is 15.9. The van der Waals surface area contributed by atoms with Crippen molar-refractivity contribution >= 4 is 11.6 Å². The molecule has 29 heavy (non-hydrogen) atoms. The minimum absolute atomic E-state index is 0.273. The van der Waals surface area contributed by atoms with Crippen molar-refractivity contribution in [1.29, 1.82) is 0 Å². The number of aryl methyl sites for hydroxylation is 1. The van der Waals surface area contributed by atoms with Gasteiger partial charge in [-0.1, -0.05) is 12.1 Å². The zero-order valence-electron chi connectivity index (χ0n) is 15.9. The van der Waals surface area contributed by atoms with Gasteiger partial charge in [0.15, 0.2) is 5.82 Å². The molecule has 3 aromatic heterocycles. The van der Waals surface area contributed by atoms with Crippen LogP contribution in [-0.4, -0.2) is 35.2 Å². The lowest BCUT2D eigenvalue weighted by atomic mass is 10.2. The maximum Gasteiger partial charge on any atom is 0.274 e. The Morgan fingerprint density at radius 3 is 2.83 bits per heavy atom. The summed E-state index contributed by atoms with van der Waals surface area (Å²) in [5.74, 6) is 1.39. The van der Waals surface area contributed by atoms with Gasteiger partial charge in [0.25, 0.3) is 5.91 Å².